The van der Waals surface area contributed by atoms with E-state index in [9.17, 15) is 0 Å². The lowest BCUT2D eigenvalue weighted by atomic mass is 10.0. The summed E-state index contributed by atoms with van der Waals surface area (Å²) in [6.45, 7) is 0.715. The molecule has 0 amide bonds. The van der Waals surface area contributed by atoms with Crippen LogP contribution in [0, 0.1) is 5.82 Å². The van der Waals surface area contributed by atoms with Crippen molar-refractivity contribution in [3.05, 3.63) is 78.8 Å². The molecule has 0 aliphatic carbocycles. The maximum absolute atomic E-state index is 15.1. The SMILES string of the molecule is CN(C)Cc1cncc(-c2cc3c(-c4nc5c(-c6cccnc6)ccnc5[nH]4)n[nH]c3cc2F)c1. The van der Waals surface area contributed by atoms with E-state index in [1.807, 2.05) is 43.3 Å². The Bertz CT molecular complexity index is 1670. The molecule has 0 aliphatic rings. The minimum absolute atomic E-state index is 0.346. The van der Waals surface area contributed by atoms with Crippen LogP contribution in [0.2, 0.25) is 0 Å². The Balaban J connectivity index is 1.48. The number of rotatable bonds is 5. The quantitative estimate of drug-likeness (QED) is 0.379. The lowest BCUT2D eigenvalue weighted by Crippen LogP contribution is -2.10. The van der Waals surface area contributed by atoms with Gasteiger partial charge in [-0.15, -0.1) is 0 Å². The molecule has 0 radical (unpaired) electrons. The van der Waals surface area contributed by atoms with Crippen molar-refractivity contribution in [1.82, 2.24) is 40.0 Å². The van der Waals surface area contributed by atoms with E-state index in [1.54, 1.807) is 37.1 Å². The van der Waals surface area contributed by atoms with Gasteiger partial charge < -0.3 is 9.88 Å². The maximum Gasteiger partial charge on any atom is 0.160 e. The minimum atomic E-state index is -0.346. The van der Waals surface area contributed by atoms with Crippen molar-refractivity contribution >= 4 is 22.1 Å². The van der Waals surface area contributed by atoms with E-state index in [1.165, 1.54) is 6.07 Å². The molecule has 1 aromatic carbocycles. The molecule has 0 saturated carbocycles. The molecular weight excluding hydrogens is 443 g/mol. The zero-order valence-electron chi connectivity index (χ0n) is 19.1. The second-order valence-electron chi connectivity index (χ2n) is 8.65. The summed E-state index contributed by atoms with van der Waals surface area (Å²) in [6.07, 6.45) is 8.73. The second kappa shape index (κ2) is 8.37. The third-order valence-electron chi connectivity index (χ3n) is 5.84. The third-order valence-corrected chi connectivity index (χ3v) is 5.84. The molecule has 0 aliphatic heterocycles. The first-order valence-electron chi connectivity index (χ1n) is 11.1. The molecule has 5 heterocycles. The number of nitrogens with one attached hydrogen (secondary N) is 2. The molecule has 0 saturated heterocycles. The standard InChI is InChI=1S/C26H21FN8/c1-35(2)14-15-8-17(13-29-11-15)19-9-20-22(10-21(19)27)33-34-24(20)26-31-23-18(5-7-30-25(23)32-26)16-4-3-6-28-12-16/h3-13H,14H2,1-2H3,(H,33,34)(H,30,31,32). The van der Waals surface area contributed by atoms with Crippen LogP contribution in [0.4, 0.5) is 4.39 Å². The average Bonchev–Trinajstić information content (AvgIpc) is 3.47. The summed E-state index contributed by atoms with van der Waals surface area (Å²) in [4.78, 5) is 23.1. The second-order valence-corrected chi connectivity index (χ2v) is 8.65. The molecule has 0 bridgehead atoms. The van der Waals surface area contributed by atoms with Crippen LogP contribution in [-0.4, -0.2) is 54.1 Å². The molecule has 0 fully saturated rings. The van der Waals surface area contributed by atoms with Crippen LogP contribution in [0.25, 0.3) is 55.8 Å². The molecule has 6 aromatic rings. The molecule has 8 nitrogen and oxygen atoms in total. The van der Waals surface area contributed by atoms with E-state index in [-0.39, 0.29) is 5.82 Å². The van der Waals surface area contributed by atoms with Gasteiger partial charge in [-0.05, 0) is 43.9 Å². The Labute approximate surface area is 199 Å². The number of hydrogen-bond donors (Lipinski definition) is 2. The minimum Gasteiger partial charge on any atom is -0.321 e. The highest BCUT2D eigenvalue weighted by Crippen LogP contribution is 2.33. The van der Waals surface area contributed by atoms with Gasteiger partial charge in [0, 0.05) is 71.2 Å². The summed E-state index contributed by atoms with van der Waals surface area (Å²) in [5.74, 6) is 0.203. The van der Waals surface area contributed by atoms with E-state index >= 15 is 4.39 Å². The van der Waals surface area contributed by atoms with Crippen LogP contribution in [0.15, 0.2) is 67.4 Å². The molecular formula is C26H21FN8. The lowest BCUT2D eigenvalue weighted by molar-refractivity contribution is 0.402. The van der Waals surface area contributed by atoms with Crippen LogP contribution in [0.1, 0.15) is 5.56 Å². The van der Waals surface area contributed by atoms with Gasteiger partial charge >= 0.3 is 0 Å². The van der Waals surface area contributed by atoms with E-state index in [0.717, 1.165) is 27.6 Å². The molecule has 2 N–H and O–H groups in total. The Morgan fingerprint density at radius 2 is 1.83 bits per heavy atom. The zero-order chi connectivity index (χ0) is 23.9. The number of imidazole rings is 1. The fourth-order valence-electron chi connectivity index (χ4n) is 4.30. The summed E-state index contributed by atoms with van der Waals surface area (Å²) in [5, 5.41) is 8.13. The van der Waals surface area contributed by atoms with Gasteiger partial charge in [0.05, 0.1) is 5.52 Å². The van der Waals surface area contributed by atoms with Gasteiger partial charge in [0.15, 0.2) is 11.5 Å². The van der Waals surface area contributed by atoms with Crippen molar-refractivity contribution in [2.45, 2.75) is 6.54 Å². The predicted octanol–water partition coefficient (Wildman–Crippen LogP) is 4.83. The molecule has 9 heteroatoms. The molecule has 172 valence electrons. The number of benzene rings is 1. The Morgan fingerprint density at radius 3 is 2.66 bits per heavy atom. The Kier molecular flexibility index (Phi) is 5.04. The number of fused-ring (bicyclic) bond motifs is 2. The van der Waals surface area contributed by atoms with Crippen molar-refractivity contribution in [2.75, 3.05) is 14.1 Å². The highest BCUT2D eigenvalue weighted by Gasteiger charge is 2.18. The smallest absolute Gasteiger partial charge is 0.160 e. The normalized spacial score (nSPS) is 11.7. The first-order chi connectivity index (χ1) is 17.1. The number of hydrogen-bond acceptors (Lipinski definition) is 6. The third kappa shape index (κ3) is 3.81. The van der Waals surface area contributed by atoms with E-state index < -0.39 is 0 Å². The van der Waals surface area contributed by atoms with Gasteiger partial charge in [-0.3, -0.25) is 15.1 Å². The van der Waals surface area contributed by atoms with Gasteiger partial charge in [-0.2, -0.15) is 5.10 Å². The van der Waals surface area contributed by atoms with Crippen molar-refractivity contribution in [1.29, 1.82) is 0 Å². The summed E-state index contributed by atoms with van der Waals surface area (Å²) < 4.78 is 15.1. The first kappa shape index (κ1) is 21.1. The Hall–Kier alpha value is -4.50. The first-order valence-corrected chi connectivity index (χ1v) is 11.1. The summed E-state index contributed by atoms with van der Waals surface area (Å²) in [6, 6.07) is 11.0. The van der Waals surface area contributed by atoms with Crippen LogP contribution < -0.4 is 0 Å². The highest BCUT2D eigenvalue weighted by atomic mass is 19.1. The van der Waals surface area contributed by atoms with Crippen LogP contribution in [0.5, 0.6) is 0 Å². The van der Waals surface area contributed by atoms with Crippen molar-refractivity contribution < 1.29 is 4.39 Å². The number of aromatic nitrogens is 7. The van der Waals surface area contributed by atoms with Gasteiger partial charge in [0.1, 0.15) is 17.0 Å². The van der Waals surface area contributed by atoms with Gasteiger partial charge in [0.25, 0.3) is 0 Å². The van der Waals surface area contributed by atoms with Crippen molar-refractivity contribution in [3.8, 4) is 33.8 Å². The molecule has 0 atom stereocenters. The topological polar surface area (TPSA) is 99.3 Å². The van der Waals surface area contributed by atoms with Crippen molar-refractivity contribution in [3.63, 3.8) is 0 Å². The van der Waals surface area contributed by atoms with Crippen LogP contribution in [-0.2, 0) is 6.54 Å². The maximum atomic E-state index is 15.1. The summed E-state index contributed by atoms with van der Waals surface area (Å²) >= 11 is 0. The number of H-pyrrole nitrogens is 2. The lowest BCUT2D eigenvalue weighted by Gasteiger charge is -2.11. The fraction of sp³-hybridized carbons (Fsp3) is 0.115. The predicted molar refractivity (Wildman–Crippen MR) is 133 cm³/mol. The molecule has 0 unspecified atom stereocenters. The zero-order valence-corrected chi connectivity index (χ0v) is 19.1. The van der Waals surface area contributed by atoms with Crippen molar-refractivity contribution in [2.24, 2.45) is 0 Å². The van der Waals surface area contributed by atoms with E-state index in [2.05, 4.69) is 30.1 Å². The van der Waals surface area contributed by atoms with E-state index in [4.69, 9.17) is 4.98 Å². The van der Waals surface area contributed by atoms with E-state index in [0.29, 0.717) is 40.4 Å². The average molecular weight is 465 g/mol. The largest absolute Gasteiger partial charge is 0.321 e. The van der Waals surface area contributed by atoms with Crippen LogP contribution >= 0.6 is 0 Å². The van der Waals surface area contributed by atoms with Crippen LogP contribution in [0.3, 0.4) is 0 Å². The number of aromatic amines is 2. The van der Waals surface area contributed by atoms with Gasteiger partial charge in [0.2, 0.25) is 0 Å². The Morgan fingerprint density at radius 1 is 0.943 bits per heavy atom. The molecule has 5 aromatic heterocycles. The number of pyridine rings is 3. The van der Waals surface area contributed by atoms with Gasteiger partial charge in [-0.1, -0.05) is 6.07 Å². The molecule has 6 rings (SSSR count). The monoisotopic (exact) mass is 464 g/mol. The fourth-order valence-corrected chi connectivity index (χ4v) is 4.30. The van der Waals surface area contributed by atoms with Gasteiger partial charge in [-0.25, -0.2) is 14.4 Å². The molecule has 35 heavy (non-hydrogen) atoms. The number of nitrogens with zero attached hydrogens (tertiary/aromatic N) is 6. The highest BCUT2D eigenvalue weighted by molar-refractivity contribution is 5.97. The number of halogens is 1. The summed E-state index contributed by atoms with van der Waals surface area (Å²) in [5.41, 5.74) is 6.56. The summed E-state index contributed by atoms with van der Waals surface area (Å²) in [7, 11) is 3.97. The molecule has 0 spiro atoms.